The molecule has 1 aromatic rings. The van der Waals surface area contributed by atoms with Crippen LogP contribution < -0.4 is 10.1 Å². The van der Waals surface area contributed by atoms with Crippen molar-refractivity contribution in [2.75, 3.05) is 6.54 Å². The average Bonchev–Trinajstić information content (AvgIpc) is 3.18. The zero-order valence-electron chi connectivity index (χ0n) is 13.1. The van der Waals surface area contributed by atoms with Crippen molar-refractivity contribution in [2.45, 2.75) is 50.8 Å². The molecular formula is C17H21FN2O3. The number of hydrogen-bond acceptors (Lipinski definition) is 3. The number of rotatable bonds is 5. The van der Waals surface area contributed by atoms with Crippen LogP contribution in [0.2, 0.25) is 0 Å². The van der Waals surface area contributed by atoms with E-state index in [9.17, 15) is 14.0 Å². The highest BCUT2D eigenvalue weighted by molar-refractivity contribution is 5.90. The molecule has 23 heavy (non-hydrogen) atoms. The molecule has 1 saturated carbocycles. The smallest absolute Gasteiger partial charge is 0.264 e. The topological polar surface area (TPSA) is 58.6 Å². The number of nitrogens with zero attached hydrogens (tertiary/aromatic N) is 1. The summed E-state index contributed by atoms with van der Waals surface area (Å²) in [7, 11) is 0. The van der Waals surface area contributed by atoms with Gasteiger partial charge in [-0.15, -0.1) is 0 Å². The Morgan fingerprint density at radius 3 is 2.83 bits per heavy atom. The van der Waals surface area contributed by atoms with Gasteiger partial charge in [-0.05, 0) is 44.7 Å². The second-order valence-electron chi connectivity index (χ2n) is 6.19. The van der Waals surface area contributed by atoms with Gasteiger partial charge < -0.3 is 15.0 Å². The van der Waals surface area contributed by atoms with Gasteiger partial charge in [0.15, 0.2) is 6.10 Å². The number of halogens is 1. The van der Waals surface area contributed by atoms with Gasteiger partial charge in [0.05, 0.1) is 0 Å². The summed E-state index contributed by atoms with van der Waals surface area (Å²) in [4.78, 5) is 26.4. The molecule has 1 aromatic carbocycles. The first-order chi connectivity index (χ1) is 11.0. The minimum absolute atomic E-state index is 0.0729. The number of carbonyl (C=O) groups excluding carboxylic acids is 2. The van der Waals surface area contributed by atoms with E-state index in [4.69, 9.17) is 4.74 Å². The Hall–Kier alpha value is -2.11. The van der Waals surface area contributed by atoms with Crippen molar-refractivity contribution in [3.63, 3.8) is 0 Å². The maximum Gasteiger partial charge on any atom is 0.264 e. The van der Waals surface area contributed by atoms with E-state index in [0.29, 0.717) is 18.7 Å². The van der Waals surface area contributed by atoms with Crippen LogP contribution in [0.3, 0.4) is 0 Å². The van der Waals surface area contributed by atoms with Crippen molar-refractivity contribution in [3.05, 3.63) is 30.1 Å². The predicted molar refractivity (Wildman–Crippen MR) is 82.4 cm³/mol. The second kappa shape index (κ2) is 6.56. The Labute approximate surface area is 134 Å². The number of likely N-dealkylation sites (tertiary alicyclic amines) is 1. The van der Waals surface area contributed by atoms with E-state index < -0.39 is 18.0 Å². The highest BCUT2D eigenvalue weighted by atomic mass is 19.1. The third-order valence-electron chi connectivity index (χ3n) is 4.22. The van der Waals surface area contributed by atoms with E-state index >= 15 is 0 Å². The summed E-state index contributed by atoms with van der Waals surface area (Å²) in [6, 6.07) is 5.56. The predicted octanol–water partition coefficient (Wildman–Crippen LogP) is 1.86. The summed E-state index contributed by atoms with van der Waals surface area (Å²) in [6.45, 7) is 2.18. The Morgan fingerprint density at radius 2 is 2.13 bits per heavy atom. The molecule has 0 radical (unpaired) electrons. The van der Waals surface area contributed by atoms with Gasteiger partial charge in [0.1, 0.15) is 17.6 Å². The van der Waals surface area contributed by atoms with Crippen molar-refractivity contribution >= 4 is 11.8 Å². The molecular weight excluding hydrogens is 299 g/mol. The SMILES string of the molecule is CC(Oc1cccc(F)c1)C(=O)N1CCCC1C(=O)NC1CC1. The fourth-order valence-electron chi connectivity index (χ4n) is 2.86. The van der Waals surface area contributed by atoms with Crippen LogP contribution in [0.4, 0.5) is 4.39 Å². The zero-order chi connectivity index (χ0) is 16.4. The van der Waals surface area contributed by atoms with Crippen LogP contribution in [-0.2, 0) is 9.59 Å². The standard InChI is InChI=1S/C17H21FN2O3/c1-11(23-14-5-2-4-12(18)10-14)17(22)20-9-3-6-15(20)16(21)19-13-7-8-13/h2,4-5,10-11,13,15H,3,6-9H2,1H3,(H,19,21). The lowest BCUT2D eigenvalue weighted by Gasteiger charge is -2.27. The number of hydrogen-bond donors (Lipinski definition) is 1. The molecule has 2 aliphatic rings. The summed E-state index contributed by atoms with van der Waals surface area (Å²) >= 11 is 0. The number of benzene rings is 1. The lowest BCUT2D eigenvalue weighted by molar-refractivity contribution is -0.143. The zero-order valence-corrected chi connectivity index (χ0v) is 13.1. The molecule has 6 heteroatoms. The molecule has 2 atom stereocenters. The number of ether oxygens (including phenoxy) is 1. The molecule has 2 amide bonds. The maximum atomic E-state index is 13.2. The van der Waals surface area contributed by atoms with Crippen LogP contribution in [0.15, 0.2) is 24.3 Å². The van der Waals surface area contributed by atoms with Crippen LogP contribution in [0.25, 0.3) is 0 Å². The van der Waals surface area contributed by atoms with Crippen molar-refractivity contribution in [2.24, 2.45) is 0 Å². The first-order valence-electron chi connectivity index (χ1n) is 8.07. The molecule has 0 aromatic heterocycles. The van der Waals surface area contributed by atoms with E-state index in [0.717, 1.165) is 19.3 Å². The normalized spacial score (nSPS) is 21.8. The minimum atomic E-state index is -0.758. The van der Waals surface area contributed by atoms with Crippen molar-refractivity contribution in [1.82, 2.24) is 10.2 Å². The minimum Gasteiger partial charge on any atom is -0.481 e. The van der Waals surface area contributed by atoms with Crippen LogP contribution in [0.5, 0.6) is 5.75 Å². The second-order valence-corrected chi connectivity index (χ2v) is 6.19. The van der Waals surface area contributed by atoms with Gasteiger partial charge in [0.25, 0.3) is 5.91 Å². The molecule has 1 N–H and O–H groups in total. The van der Waals surface area contributed by atoms with E-state index in [1.54, 1.807) is 17.9 Å². The molecule has 1 aliphatic heterocycles. The summed E-state index contributed by atoms with van der Waals surface area (Å²) in [6.07, 6.45) is 2.76. The fourth-order valence-corrected chi connectivity index (χ4v) is 2.86. The molecule has 1 aliphatic carbocycles. The van der Waals surface area contributed by atoms with Crippen molar-refractivity contribution in [1.29, 1.82) is 0 Å². The molecule has 124 valence electrons. The monoisotopic (exact) mass is 320 g/mol. The highest BCUT2D eigenvalue weighted by Crippen LogP contribution is 2.23. The lowest BCUT2D eigenvalue weighted by atomic mass is 10.2. The van der Waals surface area contributed by atoms with Crippen LogP contribution in [0, 0.1) is 5.82 Å². The average molecular weight is 320 g/mol. The van der Waals surface area contributed by atoms with Crippen LogP contribution in [-0.4, -0.2) is 41.4 Å². The Bertz CT molecular complexity index is 603. The summed E-state index contributed by atoms with van der Waals surface area (Å²) in [5.41, 5.74) is 0. The first kappa shape index (κ1) is 15.8. The Balaban J connectivity index is 1.62. The van der Waals surface area contributed by atoms with Gasteiger partial charge in [0, 0.05) is 18.7 Å². The Morgan fingerprint density at radius 1 is 1.35 bits per heavy atom. The largest absolute Gasteiger partial charge is 0.481 e. The van der Waals surface area contributed by atoms with Gasteiger partial charge in [-0.1, -0.05) is 6.07 Å². The molecule has 5 nitrogen and oxygen atoms in total. The molecule has 1 saturated heterocycles. The number of nitrogens with one attached hydrogen (secondary N) is 1. The number of amides is 2. The van der Waals surface area contributed by atoms with Gasteiger partial charge in [-0.3, -0.25) is 9.59 Å². The molecule has 0 bridgehead atoms. The van der Waals surface area contributed by atoms with Gasteiger partial charge in [0.2, 0.25) is 5.91 Å². The van der Waals surface area contributed by atoms with E-state index in [1.165, 1.54) is 18.2 Å². The third kappa shape index (κ3) is 3.81. The van der Waals surface area contributed by atoms with E-state index in [-0.39, 0.29) is 17.9 Å². The lowest BCUT2D eigenvalue weighted by Crippen LogP contribution is -2.50. The highest BCUT2D eigenvalue weighted by Gasteiger charge is 2.38. The number of carbonyl (C=O) groups is 2. The fraction of sp³-hybridized carbons (Fsp3) is 0.529. The molecule has 0 spiro atoms. The van der Waals surface area contributed by atoms with Crippen LogP contribution >= 0.6 is 0 Å². The first-order valence-corrected chi connectivity index (χ1v) is 8.07. The molecule has 3 rings (SSSR count). The van der Waals surface area contributed by atoms with Crippen LogP contribution in [0.1, 0.15) is 32.6 Å². The van der Waals surface area contributed by atoms with Gasteiger partial charge in [-0.25, -0.2) is 4.39 Å². The summed E-state index contributed by atoms with van der Waals surface area (Å²) < 4.78 is 18.7. The van der Waals surface area contributed by atoms with Crippen molar-refractivity contribution < 1.29 is 18.7 Å². The maximum absolute atomic E-state index is 13.2. The molecule has 2 fully saturated rings. The van der Waals surface area contributed by atoms with Gasteiger partial charge >= 0.3 is 0 Å². The summed E-state index contributed by atoms with van der Waals surface area (Å²) in [5, 5.41) is 2.95. The molecule has 1 heterocycles. The molecule has 2 unspecified atom stereocenters. The summed E-state index contributed by atoms with van der Waals surface area (Å²) in [5.74, 6) is -0.409. The Kier molecular flexibility index (Phi) is 4.50. The van der Waals surface area contributed by atoms with Crippen molar-refractivity contribution in [3.8, 4) is 5.75 Å². The van der Waals surface area contributed by atoms with E-state index in [2.05, 4.69) is 5.32 Å². The quantitative estimate of drug-likeness (QED) is 0.901. The third-order valence-corrected chi connectivity index (χ3v) is 4.22. The van der Waals surface area contributed by atoms with E-state index in [1.807, 2.05) is 0 Å². The van der Waals surface area contributed by atoms with Gasteiger partial charge in [-0.2, -0.15) is 0 Å².